The van der Waals surface area contributed by atoms with Crippen LogP contribution in [0, 0.1) is 0 Å². The van der Waals surface area contributed by atoms with Crippen molar-refractivity contribution in [3.8, 4) is 0 Å². The van der Waals surface area contributed by atoms with Crippen molar-refractivity contribution in [2.45, 2.75) is 38.6 Å². The number of rotatable bonds is 4. The smallest absolute Gasteiger partial charge is 0.342 e. The molecule has 3 heterocycles. The van der Waals surface area contributed by atoms with E-state index in [1.807, 2.05) is 22.9 Å². The summed E-state index contributed by atoms with van der Waals surface area (Å²) in [6, 6.07) is 1.91. The van der Waals surface area contributed by atoms with Crippen LogP contribution in [0.25, 0.3) is 0 Å². The number of thioether (sulfide) groups is 1. The van der Waals surface area contributed by atoms with Crippen molar-refractivity contribution in [3.63, 3.8) is 0 Å². The van der Waals surface area contributed by atoms with Gasteiger partial charge in [-0.1, -0.05) is 37.7 Å². The molecule has 1 atom stereocenters. The molecule has 0 spiro atoms. The summed E-state index contributed by atoms with van der Waals surface area (Å²) in [7, 11) is 2.84. The van der Waals surface area contributed by atoms with Crippen LogP contribution in [-0.2, 0) is 19.7 Å². The Morgan fingerprint density at radius 3 is 2.69 bits per heavy atom. The Morgan fingerprint density at radius 2 is 2.12 bits per heavy atom. The molecule has 0 radical (unpaired) electrons. The molecule has 1 aromatic rings. The molecule has 3 rings (SSSR count). The quantitative estimate of drug-likeness (QED) is 0.449. The number of carbonyl (C=O) groups excluding carboxylic acids is 1. The fraction of sp³-hybridized carbons (Fsp3) is 0.471. The molecule has 1 aromatic heterocycles. The zero-order chi connectivity index (χ0) is 19.1. The van der Waals surface area contributed by atoms with E-state index in [9.17, 15) is 4.79 Å². The predicted molar refractivity (Wildman–Crippen MR) is 99.2 cm³/mol. The third-order valence-corrected chi connectivity index (χ3v) is 5.42. The minimum atomic E-state index is -0.457. The van der Waals surface area contributed by atoms with Gasteiger partial charge in [0.1, 0.15) is 17.7 Å². The van der Waals surface area contributed by atoms with Crippen LogP contribution < -0.4 is 4.90 Å². The van der Waals surface area contributed by atoms with E-state index < -0.39 is 5.97 Å². The van der Waals surface area contributed by atoms with E-state index in [4.69, 9.17) is 14.0 Å². The Balaban J connectivity index is 1.87. The predicted octanol–water partition coefficient (Wildman–Crippen LogP) is 3.00. The molecule has 0 bridgehead atoms. The summed E-state index contributed by atoms with van der Waals surface area (Å²) < 4.78 is 15.4. The molecule has 2 aliphatic heterocycles. The lowest BCUT2D eigenvalue weighted by atomic mass is 9.93. The number of aromatic nitrogens is 1. The highest BCUT2D eigenvalue weighted by Crippen LogP contribution is 2.46. The molecule has 0 N–H and O–H groups in total. The normalized spacial score (nSPS) is 20.1. The minimum Gasteiger partial charge on any atom is -0.503 e. The molecule has 8 nitrogen and oxygen atoms in total. The number of methoxy groups -OCH3 is 2. The second kappa shape index (κ2) is 6.71. The van der Waals surface area contributed by atoms with Crippen LogP contribution in [0.5, 0.6) is 0 Å². The van der Waals surface area contributed by atoms with E-state index in [2.05, 4.69) is 31.0 Å². The number of allylic oxidation sites excluding steroid dienone is 1. The van der Waals surface area contributed by atoms with Crippen molar-refractivity contribution >= 4 is 29.9 Å². The number of fused-ring (bicyclic) bond motifs is 1. The maximum Gasteiger partial charge on any atom is 0.342 e. The number of hydrogen-bond acceptors (Lipinski definition) is 9. The number of hydrogen-bond donors (Lipinski definition) is 0. The van der Waals surface area contributed by atoms with Crippen LogP contribution in [0.3, 0.4) is 0 Å². The zero-order valence-electron chi connectivity index (χ0n) is 15.6. The number of nitrogens with zero attached hydrogens (tertiary/aromatic N) is 4. The van der Waals surface area contributed by atoms with Crippen molar-refractivity contribution < 1.29 is 18.8 Å². The van der Waals surface area contributed by atoms with Gasteiger partial charge in [-0.2, -0.15) is 5.10 Å². The van der Waals surface area contributed by atoms with E-state index in [0.29, 0.717) is 11.4 Å². The summed E-state index contributed by atoms with van der Waals surface area (Å²) in [5.74, 6) is 1.01. The first-order valence-electron chi connectivity index (χ1n) is 8.06. The zero-order valence-corrected chi connectivity index (χ0v) is 16.5. The van der Waals surface area contributed by atoms with Crippen LogP contribution in [0.2, 0.25) is 0 Å². The van der Waals surface area contributed by atoms with Crippen molar-refractivity contribution in [2.75, 3.05) is 19.1 Å². The van der Waals surface area contributed by atoms with Gasteiger partial charge in [-0.15, -0.1) is 0 Å². The first-order valence-corrected chi connectivity index (χ1v) is 8.94. The van der Waals surface area contributed by atoms with Crippen molar-refractivity contribution in [1.82, 2.24) is 10.2 Å². The molecule has 26 heavy (non-hydrogen) atoms. The molecule has 0 saturated heterocycles. The molecule has 0 amide bonds. The van der Waals surface area contributed by atoms with Crippen molar-refractivity contribution in [2.24, 2.45) is 5.10 Å². The van der Waals surface area contributed by atoms with E-state index in [1.165, 1.54) is 32.2 Å². The summed E-state index contributed by atoms with van der Waals surface area (Å²) in [6.45, 7) is 8.09. The summed E-state index contributed by atoms with van der Waals surface area (Å²) in [5.41, 5.74) is 0.876. The lowest BCUT2D eigenvalue weighted by Gasteiger charge is -2.22. The summed E-state index contributed by atoms with van der Waals surface area (Å²) in [5, 5.41) is 10.4. The van der Waals surface area contributed by atoms with Gasteiger partial charge in [0.05, 0.1) is 26.2 Å². The summed E-state index contributed by atoms with van der Waals surface area (Å²) in [6.07, 6.45) is 3.10. The molecular formula is C17H22N4O4S. The van der Waals surface area contributed by atoms with Gasteiger partial charge in [0.2, 0.25) is 0 Å². The van der Waals surface area contributed by atoms with Crippen molar-refractivity contribution in [3.05, 3.63) is 34.3 Å². The lowest BCUT2D eigenvalue weighted by Crippen LogP contribution is -2.33. The van der Waals surface area contributed by atoms with Gasteiger partial charge >= 0.3 is 5.97 Å². The highest BCUT2D eigenvalue weighted by molar-refractivity contribution is 8.04. The Bertz CT molecular complexity index is 806. The number of ether oxygens (including phenoxy) is 2. The molecule has 140 valence electrons. The van der Waals surface area contributed by atoms with E-state index in [1.54, 1.807) is 6.34 Å². The molecule has 0 aromatic carbocycles. The number of hydrazone groups is 1. The highest BCUT2D eigenvalue weighted by Gasteiger charge is 2.42. The molecule has 2 aliphatic rings. The topological polar surface area (TPSA) is 80.4 Å². The standard InChI is InChI=1S/C17H22N4O4S/c1-10-14(11(8-23-5)15(22)24-6)26-16-20(9-18-21(10)16)13-7-12(25-19-13)17(2,3)4/h7-9,16H,1-6H3/b11-8+. The number of esters is 1. The van der Waals surface area contributed by atoms with Gasteiger partial charge in [0.15, 0.2) is 11.3 Å². The highest BCUT2D eigenvalue weighted by atomic mass is 32.2. The van der Waals surface area contributed by atoms with Crippen LogP contribution in [-0.4, -0.2) is 42.2 Å². The first-order chi connectivity index (χ1) is 12.3. The fourth-order valence-corrected chi connectivity index (χ4v) is 3.91. The molecule has 0 saturated carbocycles. The van der Waals surface area contributed by atoms with Gasteiger partial charge in [0.25, 0.3) is 0 Å². The van der Waals surface area contributed by atoms with Gasteiger partial charge in [-0.25, -0.2) is 9.80 Å². The van der Waals surface area contributed by atoms with Crippen molar-refractivity contribution in [1.29, 1.82) is 0 Å². The fourth-order valence-electron chi connectivity index (χ4n) is 2.59. The largest absolute Gasteiger partial charge is 0.503 e. The maximum absolute atomic E-state index is 12.1. The first kappa shape index (κ1) is 18.4. The SMILES string of the molecule is CO/C=C(/C(=O)OC)C1=C(C)N2N=CN(c3cc(C(C)(C)C)on3)C2S1. The number of carbonyl (C=O) groups is 1. The van der Waals surface area contributed by atoms with Crippen LogP contribution in [0.15, 0.2) is 38.1 Å². The molecule has 0 fully saturated rings. The molecule has 1 unspecified atom stereocenters. The monoisotopic (exact) mass is 378 g/mol. The Morgan fingerprint density at radius 1 is 1.38 bits per heavy atom. The molecule has 0 aliphatic carbocycles. The van der Waals surface area contributed by atoms with E-state index in [0.717, 1.165) is 16.4 Å². The van der Waals surface area contributed by atoms with Gasteiger partial charge < -0.3 is 14.0 Å². The Labute approximate surface area is 156 Å². The molecular weight excluding hydrogens is 356 g/mol. The van der Waals surface area contributed by atoms with Crippen LogP contribution in [0.1, 0.15) is 33.5 Å². The van der Waals surface area contributed by atoms with Crippen LogP contribution in [0.4, 0.5) is 5.82 Å². The Hall–Kier alpha value is -2.42. The second-order valence-corrected chi connectivity index (χ2v) is 7.97. The van der Waals surface area contributed by atoms with Crippen LogP contribution >= 0.6 is 11.8 Å². The minimum absolute atomic E-state index is 0.136. The van der Waals surface area contributed by atoms with E-state index >= 15 is 0 Å². The third kappa shape index (κ3) is 3.07. The summed E-state index contributed by atoms with van der Waals surface area (Å²) in [4.78, 5) is 14.8. The average molecular weight is 378 g/mol. The molecule has 9 heteroatoms. The number of anilines is 1. The van der Waals surface area contributed by atoms with Gasteiger partial charge in [0, 0.05) is 16.4 Å². The lowest BCUT2D eigenvalue weighted by molar-refractivity contribution is -0.135. The third-order valence-electron chi connectivity index (χ3n) is 4.03. The Kier molecular flexibility index (Phi) is 4.74. The summed E-state index contributed by atoms with van der Waals surface area (Å²) >= 11 is 1.48. The van der Waals surface area contributed by atoms with E-state index in [-0.39, 0.29) is 10.9 Å². The second-order valence-electron chi connectivity index (χ2n) is 6.90. The maximum atomic E-state index is 12.1. The average Bonchev–Trinajstić information content (AvgIpc) is 3.28. The van der Waals surface area contributed by atoms with Gasteiger partial charge in [-0.3, -0.25) is 4.90 Å². The van der Waals surface area contributed by atoms with Gasteiger partial charge in [-0.05, 0) is 6.92 Å².